The van der Waals surface area contributed by atoms with Crippen LogP contribution >= 0.6 is 0 Å². The molecule has 0 aliphatic heterocycles. The summed E-state index contributed by atoms with van der Waals surface area (Å²) in [6.07, 6.45) is -3.26. The molecule has 2 heterocycles. The Morgan fingerprint density at radius 3 is 2.57 bits per heavy atom. The number of H-pyrrole nitrogens is 1. The first-order valence-electron chi connectivity index (χ1n) is 5.71. The van der Waals surface area contributed by atoms with Crippen molar-refractivity contribution < 1.29 is 21.6 Å². The van der Waals surface area contributed by atoms with E-state index in [4.69, 9.17) is 0 Å². The van der Waals surface area contributed by atoms with E-state index in [1.54, 1.807) is 7.05 Å². The molecule has 0 amide bonds. The summed E-state index contributed by atoms with van der Waals surface area (Å²) in [6, 6.07) is 0.749. The van der Waals surface area contributed by atoms with Gasteiger partial charge in [-0.15, -0.1) is 0 Å². The molecule has 0 unspecified atom stereocenters. The second-order valence-electron chi connectivity index (χ2n) is 4.35. The monoisotopic (exact) mass is 323 g/mol. The second-order valence-corrected chi connectivity index (χ2v) is 6.09. The van der Waals surface area contributed by atoms with Crippen LogP contribution in [-0.4, -0.2) is 28.4 Å². The SMILES string of the molecule is Cc1nn(C)cc1S(=O)(=O)NCc1cc(C(F)(F)F)n[nH]1. The Bertz CT molecular complexity index is 747. The fourth-order valence-corrected chi connectivity index (χ4v) is 2.91. The number of sulfonamides is 1. The summed E-state index contributed by atoms with van der Waals surface area (Å²) in [5.41, 5.74) is -0.799. The van der Waals surface area contributed by atoms with Crippen molar-refractivity contribution in [1.29, 1.82) is 0 Å². The number of nitrogens with zero attached hydrogens (tertiary/aromatic N) is 3. The smallest absolute Gasteiger partial charge is 0.281 e. The number of rotatable bonds is 4. The molecule has 0 spiro atoms. The van der Waals surface area contributed by atoms with Crippen molar-refractivity contribution in [3.8, 4) is 0 Å². The molecule has 2 N–H and O–H groups in total. The van der Waals surface area contributed by atoms with Crippen LogP contribution in [0.25, 0.3) is 0 Å². The molecule has 0 aromatic carbocycles. The second kappa shape index (κ2) is 5.15. The van der Waals surface area contributed by atoms with E-state index in [2.05, 4.69) is 20.0 Å². The van der Waals surface area contributed by atoms with Crippen molar-refractivity contribution in [2.75, 3.05) is 0 Å². The van der Waals surface area contributed by atoms with Crippen LogP contribution in [0.1, 0.15) is 17.1 Å². The summed E-state index contributed by atoms with van der Waals surface area (Å²) in [4.78, 5) is -0.0273. The Morgan fingerprint density at radius 2 is 2.10 bits per heavy atom. The number of hydrogen-bond acceptors (Lipinski definition) is 4. The summed E-state index contributed by atoms with van der Waals surface area (Å²) in [5.74, 6) is 0. The number of hydrogen-bond donors (Lipinski definition) is 2. The lowest BCUT2D eigenvalue weighted by Crippen LogP contribution is -2.23. The van der Waals surface area contributed by atoms with Gasteiger partial charge in [-0.2, -0.15) is 23.4 Å². The molecule has 2 aromatic rings. The number of aromatic nitrogens is 4. The van der Waals surface area contributed by atoms with Gasteiger partial charge in [0.15, 0.2) is 5.69 Å². The minimum absolute atomic E-state index is 0.00689. The van der Waals surface area contributed by atoms with Crippen LogP contribution in [0.3, 0.4) is 0 Å². The van der Waals surface area contributed by atoms with Gasteiger partial charge in [0.05, 0.1) is 17.9 Å². The summed E-state index contributed by atoms with van der Waals surface area (Å²) < 4.78 is 64.7. The fourth-order valence-electron chi connectivity index (χ4n) is 1.69. The number of alkyl halides is 3. The fraction of sp³-hybridized carbons (Fsp3) is 0.400. The van der Waals surface area contributed by atoms with E-state index in [0.29, 0.717) is 5.69 Å². The number of aryl methyl sites for hydroxylation is 2. The average Bonchev–Trinajstić information content (AvgIpc) is 2.93. The van der Waals surface area contributed by atoms with E-state index in [1.807, 2.05) is 0 Å². The highest BCUT2D eigenvalue weighted by Gasteiger charge is 2.33. The minimum Gasteiger partial charge on any atom is -0.281 e. The highest BCUT2D eigenvalue weighted by molar-refractivity contribution is 7.89. The predicted molar refractivity (Wildman–Crippen MR) is 65.6 cm³/mol. The predicted octanol–water partition coefficient (Wildman–Crippen LogP) is 0.949. The third kappa shape index (κ3) is 3.42. The van der Waals surface area contributed by atoms with Gasteiger partial charge in [0.2, 0.25) is 10.0 Å². The van der Waals surface area contributed by atoms with Crippen molar-refractivity contribution in [2.45, 2.75) is 24.5 Å². The Labute approximate surface area is 118 Å². The van der Waals surface area contributed by atoms with E-state index in [9.17, 15) is 21.6 Å². The van der Waals surface area contributed by atoms with E-state index >= 15 is 0 Å². The van der Waals surface area contributed by atoms with E-state index in [-0.39, 0.29) is 17.1 Å². The van der Waals surface area contributed by atoms with E-state index in [0.717, 1.165) is 6.07 Å². The molecule has 7 nitrogen and oxygen atoms in total. The Hall–Kier alpha value is -1.88. The molecular weight excluding hydrogens is 311 g/mol. The first kappa shape index (κ1) is 15.5. The summed E-state index contributed by atoms with van der Waals surface area (Å²) in [6.45, 7) is 1.19. The van der Waals surface area contributed by atoms with Gasteiger partial charge in [0.1, 0.15) is 4.90 Å². The first-order chi connectivity index (χ1) is 9.59. The van der Waals surface area contributed by atoms with Gasteiger partial charge < -0.3 is 0 Å². The number of halogens is 3. The number of nitrogens with one attached hydrogen (secondary N) is 2. The lowest BCUT2D eigenvalue weighted by Gasteiger charge is -2.03. The molecule has 21 heavy (non-hydrogen) atoms. The van der Waals surface area contributed by atoms with E-state index < -0.39 is 21.9 Å². The third-order valence-electron chi connectivity index (χ3n) is 2.63. The quantitative estimate of drug-likeness (QED) is 0.876. The normalized spacial score (nSPS) is 12.8. The maximum absolute atomic E-state index is 12.4. The van der Waals surface area contributed by atoms with Gasteiger partial charge in [-0.1, -0.05) is 0 Å². The molecule has 11 heteroatoms. The van der Waals surface area contributed by atoms with Crippen molar-refractivity contribution in [3.05, 3.63) is 29.3 Å². The van der Waals surface area contributed by atoms with Crippen LogP contribution in [0.2, 0.25) is 0 Å². The summed E-state index contributed by atoms with van der Waals surface area (Å²) in [5, 5.41) is 9.12. The molecule has 116 valence electrons. The van der Waals surface area contributed by atoms with Gasteiger partial charge in [-0.05, 0) is 13.0 Å². The van der Waals surface area contributed by atoms with Crippen LogP contribution in [-0.2, 0) is 29.8 Å². The zero-order valence-corrected chi connectivity index (χ0v) is 11.9. The highest BCUT2D eigenvalue weighted by Crippen LogP contribution is 2.27. The molecular formula is C10H12F3N5O2S. The van der Waals surface area contributed by atoms with Crippen LogP contribution < -0.4 is 4.72 Å². The topological polar surface area (TPSA) is 92.7 Å². The first-order valence-corrected chi connectivity index (χ1v) is 7.19. The number of aromatic amines is 1. The summed E-state index contributed by atoms with van der Waals surface area (Å²) in [7, 11) is -2.29. The lowest BCUT2D eigenvalue weighted by atomic mass is 10.3. The molecule has 0 fully saturated rings. The van der Waals surface area contributed by atoms with Gasteiger partial charge in [0.25, 0.3) is 0 Å². The third-order valence-corrected chi connectivity index (χ3v) is 4.14. The van der Waals surface area contributed by atoms with Crippen molar-refractivity contribution in [1.82, 2.24) is 24.7 Å². The van der Waals surface area contributed by atoms with Crippen LogP contribution in [0.5, 0.6) is 0 Å². The Morgan fingerprint density at radius 1 is 1.43 bits per heavy atom. The van der Waals surface area contributed by atoms with Gasteiger partial charge >= 0.3 is 6.18 Å². The van der Waals surface area contributed by atoms with Crippen LogP contribution in [0.4, 0.5) is 13.2 Å². The molecule has 0 saturated heterocycles. The summed E-state index contributed by atoms with van der Waals surface area (Å²) >= 11 is 0. The average molecular weight is 323 g/mol. The van der Waals surface area contributed by atoms with Crippen LogP contribution in [0.15, 0.2) is 17.2 Å². The lowest BCUT2D eigenvalue weighted by molar-refractivity contribution is -0.141. The van der Waals surface area contributed by atoms with Gasteiger partial charge in [-0.25, -0.2) is 13.1 Å². The molecule has 0 bridgehead atoms. The molecule has 0 aliphatic carbocycles. The van der Waals surface area contributed by atoms with Gasteiger partial charge in [0, 0.05) is 13.2 Å². The van der Waals surface area contributed by atoms with Crippen molar-refractivity contribution >= 4 is 10.0 Å². The molecule has 0 aliphatic rings. The van der Waals surface area contributed by atoms with Crippen molar-refractivity contribution in [3.63, 3.8) is 0 Å². The van der Waals surface area contributed by atoms with Crippen LogP contribution in [0, 0.1) is 6.92 Å². The van der Waals surface area contributed by atoms with Gasteiger partial charge in [-0.3, -0.25) is 9.78 Å². The molecule has 2 aromatic heterocycles. The zero-order valence-electron chi connectivity index (χ0n) is 11.1. The zero-order chi connectivity index (χ0) is 15.8. The van der Waals surface area contributed by atoms with E-state index in [1.165, 1.54) is 17.8 Å². The maximum Gasteiger partial charge on any atom is 0.435 e. The minimum atomic E-state index is -4.58. The molecule has 0 saturated carbocycles. The Kier molecular flexibility index (Phi) is 3.80. The Balaban J connectivity index is 2.12. The maximum atomic E-state index is 12.4. The largest absolute Gasteiger partial charge is 0.435 e. The van der Waals surface area contributed by atoms with Crippen molar-refractivity contribution in [2.24, 2.45) is 7.05 Å². The molecule has 0 atom stereocenters. The standard InChI is InChI=1S/C10H12F3N5O2S/c1-6-8(5-18(2)17-6)21(19,20)14-4-7-3-9(16-15-7)10(11,12)13/h3,5,14H,4H2,1-2H3,(H,15,16). The molecule has 0 radical (unpaired) electrons. The molecule has 2 rings (SSSR count). The highest BCUT2D eigenvalue weighted by atomic mass is 32.2.